The fourth-order valence-corrected chi connectivity index (χ4v) is 2.36. The van der Waals surface area contributed by atoms with Crippen molar-refractivity contribution in [2.45, 2.75) is 60.4 Å². The topological polar surface area (TPSA) is 43.8 Å². The van der Waals surface area contributed by atoms with Gasteiger partial charge in [0, 0.05) is 17.7 Å². The van der Waals surface area contributed by atoms with Crippen molar-refractivity contribution in [2.24, 2.45) is 11.1 Å². The molecule has 0 amide bonds. The second-order valence-electron chi connectivity index (χ2n) is 5.58. The lowest BCUT2D eigenvalue weighted by Crippen LogP contribution is -2.29. The summed E-state index contributed by atoms with van der Waals surface area (Å²) in [5.74, 6) is 0. The van der Waals surface area contributed by atoms with Crippen molar-refractivity contribution < 1.29 is 0 Å². The van der Waals surface area contributed by atoms with Crippen LogP contribution in [0.5, 0.6) is 0 Å². The van der Waals surface area contributed by atoms with Gasteiger partial charge >= 0.3 is 0 Å². The molecular weight excluding hydrogens is 242 g/mol. The van der Waals surface area contributed by atoms with E-state index in [1.54, 1.807) is 0 Å². The van der Waals surface area contributed by atoms with Crippen LogP contribution >= 0.6 is 12.2 Å². The van der Waals surface area contributed by atoms with Crippen LogP contribution in [0.2, 0.25) is 0 Å². The van der Waals surface area contributed by atoms with Crippen LogP contribution < -0.4 is 5.73 Å². The van der Waals surface area contributed by atoms with Gasteiger partial charge in [0.15, 0.2) is 0 Å². The van der Waals surface area contributed by atoms with E-state index in [0.717, 1.165) is 31.5 Å². The monoisotopic (exact) mass is 267 g/mol. The number of rotatable bonds is 6. The minimum atomic E-state index is -0.0565. The molecule has 1 aromatic heterocycles. The summed E-state index contributed by atoms with van der Waals surface area (Å²) in [5.41, 5.74) is 9.51. The van der Waals surface area contributed by atoms with Gasteiger partial charge in [-0.2, -0.15) is 5.10 Å². The summed E-state index contributed by atoms with van der Waals surface area (Å²) in [6, 6.07) is 0. The van der Waals surface area contributed by atoms with E-state index in [2.05, 4.69) is 44.4 Å². The van der Waals surface area contributed by atoms with Gasteiger partial charge in [0.05, 0.1) is 10.7 Å². The van der Waals surface area contributed by atoms with Gasteiger partial charge in [-0.15, -0.1) is 0 Å². The number of thiocarbonyl (C=S) groups is 1. The first-order valence-corrected chi connectivity index (χ1v) is 7.03. The molecule has 0 aliphatic rings. The minimum Gasteiger partial charge on any atom is -0.393 e. The lowest BCUT2D eigenvalue weighted by atomic mass is 9.88. The van der Waals surface area contributed by atoms with Crippen molar-refractivity contribution in [3.63, 3.8) is 0 Å². The molecule has 4 heteroatoms. The van der Waals surface area contributed by atoms with Crippen LogP contribution in [-0.2, 0) is 13.0 Å². The highest BCUT2D eigenvalue weighted by molar-refractivity contribution is 7.80. The average molecular weight is 267 g/mol. The maximum absolute atomic E-state index is 5.74. The zero-order valence-corrected chi connectivity index (χ0v) is 13.0. The molecule has 1 aromatic rings. The molecule has 18 heavy (non-hydrogen) atoms. The molecule has 0 radical (unpaired) electrons. The molecular formula is C14H25N3S. The third kappa shape index (κ3) is 3.31. The Morgan fingerprint density at radius 3 is 2.44 bits per heavy atom. The third-order valence-electron chi connectivity index (χ3n) is 3.72. The Morgan fingerprint density at radius 1 is 1.39 bits per heavy atom. The average Bonchev–Trinajstić information content (AvgIpc) is 2.53. The highest BCUT2D eigenvalue weighted by atomic mass is 32.1. The van der Waals surface area contributed by atoms with Gasteiger partial charge in [-0.05, 0) is 38.7 Å². The van der Waals surface area contributed by atoms with Crippen LogP contribution in [0, 0.1) is 19.3 Å². The summed E-state index contributed by atoms with van der Waals surface area (Å²) in [7, 11) is 0. The van der Waals surface area contributed by atoms with E-state index in [1.807, 2.05) is 0 Å². The summed E-state index contributed by atoms with van der Waals surface area (Å²) in [6.45, 7) is 11.6. The van der Waals surface area contributed by atoms with Crippen LogP contribution in [0.25, 0.3) is 0 Å². The van der Waals surface area contributed by atoms with Gasteiger partial charge in [-0.1, -0.05) is 33.0 Å². The van der Waals surface area contributed by atoms with Crippen LogP contribution in [-0.4, -0.2) is 14.8 Å². The van der Waals surface area contributed by atoms with E-state index in [-0.39, 0.29) is 5.41 Å². The van der Waals surface area contributed by atoms with Crippen molar-refractivity contribution in [3.05, 3.63) is 17.0 Å². The second-order valence-corrected chi connectivity index (χ2v) is 6.02. The first kappa shape index (κ1) is 15.2. The summed E-state index contributed by atoms with van der Waals surface area (Å²) < 4.78 is 2.11. The van der Waals surface area contributed by atoms with Crippen LogP contribution in [0.3, 0.4) is 0 Å². The molecule has 0 fully saturated rings. The number of aryl methyl sites for hydroxylation is 2. The van der Waals surface area contributed by atoms with Crippen LogP contribution in [0.4, 0.5) is 0 Å². The quantitative estimate of drug-likeness (QED) is 0.805. The number of aromatic nitrogens is 2. The van der Waals surface area contributed by atoms with E-state index in [9.17, 15) is 0 Å². The van der Waals surface area contributed by atoms with Crippen molar-refractivity contribution in [1.82, 2.24) is 9.78 Å². The number of hydrogen-bond donors (Lipinski definition) is 1. The molecule has 0 aliphatic carbocycles. The Hall–Kier alpha value is -0.900. The van der Waals surface area contributed by atoms with Gasteiger partial charge in [-0.3, -0.25) is 4.68 Å². The molecule has 3 nitrogen and oxygen atoms in total. The number of nitrogens with two attached hydrogens (primary N) is 1. The number of nitrogens with zero attached hydrogens (tertiary/aromatic N) is 2. The van der Waals surface area contributed by atoms with Gasteiger partial charge in [0.2, 0.25) is 0 Å². The maximum atomic E-state index is 5.74. The van der Waals surface area contributed by atoms with E-state index < -0.39 is 0 Å². The SMILES string of the molecule is CCc1c(C)nn(CCCC(C)(C)C(N)=S)c1C. The smallest absolute Gasteiger partial charge is 0.0784 e. The van der Waals surface area contributed by atoms with Gasteiger partial charge in [-0.25, -0.2) is 0 Å². The fourth-order valence-electron chi connectivity index (χ4n) is 2.26. The first-order chi connectivity index (χ1) is 8.29. The molecule has 102 valence electrons. The van der Waals surface area contributed by atoms with E-state index in [1.165, 1.54) is 11.3 Å². The molecule has 0 saturated heterocycles. The van der Waals surface area contributed by atoms with E-state index >= 15 is 0 Å². The molecule has 1 rings (SSSR count). The maximum Gasteiger partial charge on any atom is 0.0784 e. The highest BCUT2D eigenvalue weighted by Gasteiger charge is 2.21. The highest BCUT2D eigenvalue weighted by Crippen LogP contribution is 2.23. The Bertz CT molecular complexity index is 432. The molecule has 2 N–H and O–H groups in total. The van der Waals surface area contributed by atoms with E-state index in [4.69, 9.17) is 18.0 Å². The third-order valence-corrected chi connectivity index (χ3v) is 4.28. The zero-order valence-electron chi connectivity index (χ0n) is 12.2. The molecule has 0 bridgehead atoms. The first-order valence-electron chi connectivity index (χ1n) is 6.62. The van der Waals surface area contributed by atoms with Gasteiger partial charge in [0.1, 0.15) is 0 Å². The Morgan fingerprint density at radius 2 is 2.00 bits per heavy atom. The standard InChI is InChI=1S/C14H25N3S/c1-6-12-10(2)16-17(11(12)3)9-7-8-14(4,5)13(15)18/h6-9H2,1-5H3,(H2,15,18). The summed E-state index contributed by atoms with van der Waals surface area (Å²) in [4.78, 5) is 0.602. The Kier molecular flexibility index (Phi) is 4.91. The zero-order chi connectivity index (χ0) is 13.9. The van der Waals surface area contributed by atoms with Crippen LogP contribution in [0.1, 0.15) is 50.6 Å². The molecule has 0 spiro atoms. The minimum absolute atomic E-state index is 0.0565. The predicted octanol–water partition coefficient (Wildman–Crippen LogP) is 3.15. The van der Waals surface area contributed by atoms with Crippen molar-refractivity contribution in [1.29, 1.82) is 0 Å². The van der Waals surface area contributed by atoms with Gasteiger partial charge in [0.25, 0.3) is 0 Å². The lowest BCUT2D eigenvalue weighted by Gasteiger charge is -2.22. The second kappa shape index (κ2) is 5.83. The summed E-state index contributed by atoms with van der Waals surface area (Å²) in [6.07, 6.45) is 3.10. The fraction of sp³-hybridized carbons (Fsp3) is 0.714. The van der Waals surface area contributed by atoms with E-state index in [0.29, 0.717) is 4.99 Å². The predicted molar refractivity (Wildman–Crippen MR) is 80.9 cm³/mol. The molecule has 0 atom stereocenters. The van der Waals surface area contributed by atoms with Crippen molar-refractivity contribution in [3.8, 4) is 0 Å². The largest absolute Gasteiger partial charge is 0.393 e. The molecule has 1 heterocycles. The Labute approximate surface area is 116 Å². The molecule has 0 saturated carbocycles. The van der Waals surface area contributed by atoms with Crippen molar-refractivity contribution in [2.75, 3.05) is 0 Å². The summed E-state index contributed by atoms with van der Waals surface area (Å²) >= 11 is 5.09. The van der Waals surface area contributed by atoms with Crippen molar-refractivity contribution >= 4 is 17.2 Å². The lowest BCUT2D eigenvalue weighted by molar-refractivity contribution is 0.423. The Balaban J connectivity index is 2.63. The molecule has 0 unspecified atom stereocenters. The molecule has 0 aliphatic heterocycles. The summed E-state index contributed by atoms with van der Waals surface area (Å²) in [5, 5.41) is 4.60. The molecule has 0 aromatic carbocycles. The van der Waals surface area contributed by atoms with Gasteiger partial charge < -0.3 is 5.73 Å². The normalized spacial score (nSPS) is 11.8. The van der Waals surface area contributed by atoms with Crippen LogP contribution in [0.15, 0.2) is 0 Å². The number of hydrogen-bond acceptors (Lipinski definition) is 2.